The summed E-state index contributed by atoms with van der Waals surface area (Å²) in [6.45, 7) is 7.47. The number of nitrogens with zero attached hydrogens (tertiary/aromatic N) is 1. The highest BCUT2D eigenvalue weighted by molar-refractivity contribution is 5.94. The summed E-state index contributed by atoms with van der Waals surface area (Å²) in [5, 5.41) is 18.5. The van der Waals surface area contributed by atoms with Crippen LogP contribution in [-0.4, -0.2) is 36.6 Å². The van der Waals surface area contributed by atoms with Crippen LogP contribution in [-0.2, 0) is 0 Å². The molecule has 2 aromatic rings. The van der Waals surface area contributed by atoms with Crippen molar-refractivity contribution in [3.8, 4) is 5.75 Å². The van der Waals surface area contributed by atoms with Gasteiger partial charge in [0.05, 0.1) is 12.6 Å². The van der Waals surface area contributed by atoms with Crippen LogP contribution in [0.25, 0.3) is 0 Å². The van der Waals surface area contributed by atoms with Gasteiger partial charge in [0.1, 0.15) is 17.3 Å². The van der Waals surface area contributed by atoms with Gasteiger partial charge >= 0.3 is 0 Å². The Hall–Kier alpha value is -2.96. The second kappa shape index (κ2) is 9.50. The maximum Gasteiger partial charge on any atom is 0.251 e. The number of aryl methyl sites for hydroxylation is 1. The predicted octanol–water partition coefficient (Wildman–Crippen LogP) is 2.34. The van der Waals surface area contributed by atoms with E-state index in [0.717, 1.165) is 18.1 Å². The quantitative estimate of drug-likeness (QED) is 0.346. The summed E-state index contributed by atoms with van der Waals surface area (Å²) in [4.78, 5) is 16.5. The normalized spacial score (nSPS) is 12.5. The molecule has 140 valence electrons. The van der Waals surface area contributed by atoms with E-state index < -0.39 is 0 Å². The fourth-order valence-corrected chi connectivity index (χ4v) is 2.33. The molecule has 1 heterocycles. The maximum atomic E-state index is 12.0. The largest absolute Gasteiger partial charge is 0.508 e. The lowest BCUT2D eigenvalue weighted by atomic mass is 10.2. The Morgan fingerprint density at radius 1 is 1.19 bits per heavy atom. The van der Waals surface area contributed by atoms with Crippen molar-refractivity contribution in [2.45, 2.75) is 26.8 Å². The van der Waals surface area contributed by atoms with E-state index in [0.29, 0.717) is 24.6 Å². The molecule has 2 rings (SSSR count). The van der Waals surface area contributed by atoms with E-state index >= 15 is 0 Å². The number of carbonyl (C=O) groups excluding carboxylic acids is 1. The number of nitrogens with one attached hydrogen (secondary N) is 3. The monoisotopic (exact) mass is 358 g/mol. The van der Waals surface area contributed by atoms with Gasteiger partial charge in [0.25, 0.3) is 5.91 Å². The number of benzene rings is 1. The number of rotatable bonds is 7. The molecule has 0 aliphatic carbocycles. The summed E-state index contributed by atoms with van der Waals surface area (Å²) in [6.07, 6.45) is 0. The van der Waals surface area contributed by atoms with Gasteiger partial charge in [-0.05, 0) is 57.2 Å². The lowest BCUT2D eigenvalue weighted by Crippen LogP contribution is -2.39. The van der Waals surface area contributed by atoms with Crippen LogP contribution in [0.3, 0.4) is 0 Å². The van der Waals surface area contributed by atoms with Crippen molar-refractivity contribution < 1.29 is 14.3 Å². The lowest BCUT2D eigenvalue weighted by molar-refractivity contribution is 0.0955. The molecular weight excluding hydrogens is 332 g/mol. The zero-order valence-corrected chi connectivity index (χ0v) is 15.4. The van der Waals surface area contributed by atoms with E-state index in [1.54, 1.807) is 12.1 Å². The van der Waals surface area contributed by atoms with Crippen LogP contribution in [0.2, 0.25) is 0 Å². The Kier molecular flexibility index (Phi) is 7.08. The molecule has 0 aliphatic heterocycles. The van der Waals surface area contributed by atoms with Gasteiger partial charge < -0.3 is 25.5 Å². The first-order valence-corrected chi connectivity index (χ1v) is 8.68. The highest BCUT2D eigenvalue weighted by atomic mass is 16.3. The van der Waals surface area contributed by atoms with Crippen molar-refractivity contribution >= 4 is 11.9 Å². The van der Waals surface area contributed by atoms with Crippen LogP contribution in [0.1, 0.15) is 41.8 Å². The molecule has 1 unspecified atom stereocenters. The zero-order chi connectivity index (χ0) is 18.9. The fraction of sp³-hybridized carbons (Fsp3) is 0.368. The molecule has 1 aromatic carbocycles. The lowest BCUT2D eigenvalue weighted by Gasteiger charge is -2.16. The number of furan rings is 1. The number of hydrogen-bond acceptors (Lipinski definition) is 4. The van der Waals surface area contributed by atoms with Crippen molar-refractivity contribution in [1.82, 2.24) is 16.0 Å². The molecule has 1 atom stereocenters. The summed E-state index contributed by atoms with van der Waals surface area (Å²) < 4.78 is 5.62. The second-order valence-electron chi connectivity index (χ2n) is 5.88. The second-order valence-corrected chi connectivity index (χ2v) is 5.88. The number of aliphatic imine (C=N–C) groups is 1. The zero-order valence-electron chi connectivity index (χ0n) is 15.4. The summed E-state index contributed by atoms with van der Waals surface area (Å²) >= 11 is 0. The first-order valence-electron chi connectivity index (χ1n) is 8.68. The molecule has 0 spiro atoms. The van der Waals surface area contributed by atoms with E-state index in [1.807, 2.05) is 32.9 Å². The van der Waals surface area contributed by atoms with Gasteiger partial charge in [0, 0.05) is 18.7 Å². The SMILES string of the molecule is CCNC(=NCCNC(=O)c1ccc(O)cc1)NC(C)c1ccc(C)o1. The third-order valence-electron chi connectivity index (χ3n) is 3.68. The van der Waals surface area contributed by atoms with Gasteiger partial charge in [-0.25, -0.2) is 0 Å². The van der Waals surface area contributed by atoms with Crippen molar-refractivity contribution in [2.75, 3.05) is 19.6 Å². The molecule has 0 radical (unpaired) electrons. The topological polar surface area (TPSA) is 98.9 Å². The average molecular weight is 358 g/mol. The predicted molar refractivity (Wildman–Crippen MR) is 101 cm³/mol. The summed E-state index contributed by atoms with van der Waals surface area (Å²) in [5.74, 6) is 2.31. The van der Waals surface area contributed by atoms with Crippen LogP contribution < -0.4 is 16.0 Å². The van der Waals surface area contributed by atoms with Gasteiger partial charge in [-0.1, -0.05) is 0 Å². The maximum absolute atomic E-state index is 12.0. The molecule has 7 heteroatoms. The number of carbonyl (C=O) groups is 1. The minimum atomic E-state index is -0.197. The van der Waals surface area contributed by atoms with Crippen LogP contribution in [0.4, 0.5) is 0 Å². The van der Waals surface area contributed by atoms with E-state index in [-0.39, 0.29) is 17.7 Å². The van der Waals surface area contributed by atoms with Crippen molar-refractivity contribution in [3.63, 3.8) is 0 Å². The van der Waals surface area contributed by atoms with Crippen molar-refractivity contribution in [2.24, 2.45) is 4.99 Å². The van der Waals surface area contributed by atoms with E-state index in [4.69, 9.17) is 4.42 Å². The number of aromatic hydroxyl groups is 1. The van der Waals surface area contributed by atoms with Gasteiger partial charge in [-0.2, -0.15) is 0 Å². The first-order chi connectivity index (χ1) is 12.5. The Labute approximate surface area is 153 Å². The van der Waals surface area contributed by atoms with E-state index in [9.17, 15) is 9.90 Å². The van der Waals surface area contributed by atoms with Crippen LogP contribution >= 0.6 is 0 Å². The van der Waals surface area contributed by atoms with Gasteiger partial charge in [-0.3, -0.25) is 9.79 Å². The van der Waals surface area contributed by atoms with Gasteiger partial charge in [0.15, 0.2) is 5.96 Å². The number of phenolic OH excluding ortho intramolecular Hbond substituents is 1. The Balaban J connectivity index is 1.84. The minimum Gasteiger partial charge on any atom is -0.508 e. The number of amides is 1. The van der Waals surface area contributed by atoms with Crippen LogP contribution in [0.15, 0.2) is 45.8 Å². The standard InChI is InChI=1S/C19H26N4O3/c1-4-20-19(23-14(3)17-10-5-13(2)26-17)22-12-11-21-18(25)15-6-8-16(24)9-7-15/h5-10,14,24H,4,11-12H2,1-3H3,(H,21,25)(H2,20,22,23). The Morgan fingerprint density at radius 2 is 1.92 bits per heavy atom. The Morgan fingerprint density at radius 3 is 2.54 bits per heavy atom. The Bertz CT molecular complexity index is 737. The number of phenols is 1. The number of hydrogen-bond donors (Lipinski definition) is 4. The van der Waals surface area contributed by atoms with Crippen LogP contribution in [0.5, 0.6) is 5.75 Å². The third kappa shape index (κ3) is 5.84. The fourth-order valence-electron chi connectivity index (χ4n) is 2.33. The molecule has 7 nitrogen and oxygen atoms in total. The van der Waals surface area contributed by atoms with Gasteiger partial charge in [-0.15, -0.1) is 0 Å². The van der Waals surface area contributed by atoms with E-state index in [2.05, 4.69) is 20.9 Å². The van der Waals surface area contributed by atoms with Gasteiger partial charge in [0.2, 0.25) is 0 Å². The highest BCUT2D eigenvalue weighted by Crippen LogP contribution is 2.15. The molecule has 26 heavy (non-hydrogen) atoms. The third-order valence-corrected chi connectivity index (χ3v) is 3.68. The smallest absolute Gasteiger partial charge is 0.251 e. The van der Waals surface area contributed by atoms with Crippen molar-refractivity contribution in [3.05, 3.63) is 53.5 Å². The summed E-state index contributed by atoms with van der Waals surface area (Å²) in [5.41, 5.74) is 0.499. The molecule has 0 saturated heterocycles. The highest BCUT2D eigenvalue weighted by Gasteiger charge is 2.11. The van der Waals surface area contributed by atoms with Crippen LogP contribution in [0, 0.1) is 6.92 Å². The average Bonchev–Trinajstić information content (AvgIpc) is 3.05. The summed E-state index contributed by atoms with van der Waals surface area (Å²) in [7, 11) is 0. The molecular formula is C19H26N4O3. The van der Waals surface area contributed by atoms with E-state index in [1.165, 1.54) is 12.1 Å². The molecule has 0 aliphatic rings. The molecule has 0 bridgehead atoms. The number of guanidine groups is 1. The molecule has 1 aromatic heterocycles. The molecule has 0 fully saturated rings. The summed E-state index contributed by atoms with van der Waals surface area (Å²) in [6, 6.07) is 9.97. The first kappa shape index (κ1) is 19.4. The minimum absolute atomic E-state index is 0.0203. The molecule has 1 amide bonds. The molecule has 0 saturated carbocycles. The van der Waals surface area contributed by atoms with Crippen molar-refractivity contribution in [1.29, 1.82) is 0 Å². The molecule has 4 N–H and O–H groups in total.